The zero-order valence-electron chi connectivity index (χ0n) is 11.1. The standard InChI is InChI=1S/C13H22N2O2S2/c14-9-7-12-5-6-13(18-12)19(16,17)15-10-8-11-3-1-2-4-11/h5-6,11,15H,1-4,7-10,14H2. The fraction of sp³-hybridized carbons (Fsp3) is 0.692. The van der Waals surface area contributed by atoms with E-state index in [9.17, 15) is 8.42 Å². The van der Waals surface area contributed by atoms with Crippen molar-refractivity contribution in [2.24, 2.45) is 11.7 Å². The van der Waals surface area contributed by atoms with Crippen LogP contribution in [0.1, 0.15) is 37.0 Å². The molecule has 0 atom stereocenters. The second-order valence-electron chi connectivity index (χ2n) is 5.10. The van der Waals surface area contributed by atoms with Crippen molar-refractivity contribution in [1.29, 1.82) is 0 Å². The van der Waals surface area contributed by atoms with Gasteiger partial charge < -0.3 is 5.73 Å². The second-order valence-corrected chi connectivity index (χ2v) is 8.26. The minimum atomic E-state index is -3.32. The quantitative estimate of drug-likeness (QED) is 0.810. The van der Waals surface area contributed by atoms with Gasteiger partial charge in [0.25, 0.3) is 0 Å². The summed E-state index contributed by atoms with van der Waals surface area (Å²) >= 11 is 1.32. The van der Waals surface area contributed by atoms with E-state index >= 15 is 0 Å². The Labute approximate surface area is 119 Å². The van der Waals surface area contributed by atoms with Gasteiger partial charge in [-0.2, -0.15) is 0 Å². The highest BCUT2D eigenvalue weighted by Gasteiger charge is 2.19. The van der Waals surface area contributed by atoms with E-state index in [-0.39, 0.29) is 0 Å². The van der Waals surface area contributed by atoms with Gasteiger partial charge in [0.05, 0.1) is 0 Å². The molecule has 0 amide bonds. The molecule has 108 valence electrons. The average molecular weight is 302 g/mol. The van der Waals surface area contributed by atoms with Crippen LogP contribution in [0.3, 0.4) is 0 Å². The maximum absolute atomic E-state index is 12.1. The van der Waals surface area contributed by atoms with Crippen LogP contribution in [-0.2, 0) is 16.4 Å². The fourth-order valence-electron chi connectivity index (χ4n) is 2.55. The van der Waals surface area contributed by atoms with Gasteiger partial charge in [-0.3, -0.25) is 0 Å². The molecular formula is C13H22N2O2S2. The van der Waals surface area contributed by atoms with Crippen LogP contribution in [0.5, 0.6) is 0 Å². The van der Waals surface area contributed by atoms with E-state index in [1.165, 1.54) is 37.0 Å². The first kappa shape index (κ1) is 15.0. The molecule has 1 heterocycles. The van der Waals surface area contributed by atoms with Crippen LogP contribution in [0.15, 0.2) is 16.3 Å². The first-order valence-electron chi connectivity index (χ1n) is 6.90. The number of thiophene rings is 1. The van der Waals surface area contributed by atoms with Gasteiger partial charge in [0.1, 0.15) is 4.21 Å². The average Bonchev–Trinajstić information content (AvgIpc) is 3.00. The van der Waals surface area contributed by atoms with E-state index in [4.69, 9.17) is 5.73 Å². The Balaban J connectivity index is 1.85. The third-order valence-corrected chi connectivity index (χ3v) is 6.71. The molecule has 19 heavy (non-hydrogen) atoms. The van der Waals surface area contributed by atoms with Crippen LogP contribution < -0.4 is 10.5 Å². The zero-order valence-corrected chi connectivity index (χ0v) is 12.7. The van der Waals surface area contributed by atoms with Gasteiger partial charge in [0.15, 0.2) is 0 Å². The topological polar surface area (TPSA) is 72.2 Å². The van der Waals surface area contributed by atoms with Gasteiger partial charge in [0, 0.05) is 11.4 Å². The molecule has 6 heteroatoms. The predicted octanol–water partition coefficient (Wildman–Crippen LogP) is 2.11. The van der Waals surface area contributed by atoms with Gasteiger partial charge in [-0.25, -0.2) is 13.1 Å². The summed E-state index contributed by atoms with van der Waals surface area (Å²) in [5.74, 6) is 0.707. The third-order valence-electron chi connectivity index (χ3n) is 3.61. The van der Waals surface area contributed by atoms with Gasteiger partial charge in [-0.15, -0.1) is 11.3 Å². The summed E-state index contributed by atoms with van der Waals surface area (Å²) in [6.45, 7) is 1.10. The lowest BCUT2D eigenvalue weighted by atomic mass is 10.1. The van der Waals surface area contributed by atoms with Crippen molar-refractivity contribution in [3.63, 3.8) is 0 Å². The summed E-state index contributed by atoms with van der Waals surface area (Å²) in [4.78, 5) is 1.03. The highest BCUT2D eigenvalue weighted by Crippen LogP contribution is 2.27. The number of hydrogen-bond acceptors (Lipinski definition) is 4. The molecule has 1 fully saturated rings. The molecule has 1 aliphatic rings. The normalized spacial score (nSPS) is 17.1. The summed E-state index contributed by atoms with van der Waals surface area (Å²) in [7, 11) is -3.32. The molecule has 1 saturated carbocycles. The summed E-state index contributed by atoms with van der Waals surface area (Å²) in [5, 5.41) is 0. The maximum atomic E-state index is 12.1. The van der Waals surface area contributed by atoms with Gasteiger partial charge in [0.2, 0.25) is 10.0 Å². The first-order chi connectivity index (χ1) is 9.12. The molecule has 0 unspecified atom stereocenters. The molecule has 0 aromatic carbocycles. The minimum Gasteiger partial charge on any atom is -0.330 e. The van der Waals surface area contributed by atoms with Crippen molar-refractivity contribution >= 4 is 21.4 Å². The van der Waals surface area contributed by atoms with Crippen molar-refractivity contribution < 1.29 is 8.42 Å². The van der Waals surface area contributed by atoms with E-state index in [2.05, 4.69) is 4.72 Å². The highest BCUT2D eigenvalue weighted by molar-refractivity contribution is 7.91. The Morgan fingerprint density at radius 1 is 1.32 bits per heavy atom. The summed E-state index contributed by atoms with van der Waals surface area (Å²) in [6, 6.07) is 3.52. The molecule has 1 aromatic rings. The van der Waals surface area contributed by atoms with Crippen LogP contribution in [0, 0.1) is 5.92 Å². The molecule has 3 N–H and O–H groups in total. The van der Waals surface area contributed by atoms with Crippen LogP contribution in [0.2, 0.25) is 0 Å². The van der Waals surface area contributed by atoms with Gasteiger partial charge in [-0.1, -0.05) is 25.7 Å². The van der Waals surface area contributed by atoms with Crippen molar-refractivity contribution in [3.8, 4) is 0 Å². The Bertz CT molecular complexity index is 490. The molecule has 4 nitrogen and oxygen atoms in total. The lowest BCUT2D eigenvalue weighted by Crippen LogP contribution is -2.25. The van der Waals surface area contributed by atoms with E-state index in [0.717, 1.165) is 17.7 Å². The molecular weight excluding hydrogens is 280 g/mol. The van der Waals surface area contributed by atoms with E-state index in [1.54, 1.807) is 6.07 Å². The maximum Gasteiger partial charge on any atom is 0.250 e. The highest BCUT2D eigenvalue weighted by atomic mass is 32.2. The summed E-state index contributed by atoms with van der Waals surface area (Å²) in [6.07, 6.45) is 6.79. The van der Waals surface area contributed by atoms with Crippen LogP contribution in [0.25, 0.3) is 0 Å². The Morgan fingerprint density at radius 3 is 2.74 bits per heavy atom. The Morgan fingerprint density at radius 2 is 2.05 bits per heavy atom. The first-order valence-corrected chi connectivity index (χ1v) is 9.20. The number of rotatable bonds is 7. The zero-order chi connectivity index (χ0) is 13.7. The fourth-order valence-corrected chi connectivity index (χ4v) is 5.01. The van der Waals surface area contributed by atoms with Crippen LogP contribution >= 0.6 is 11.3 Å². The van der Waals surface area contributed by atoms with Crippen molar-refractivity contribution in [2.45, 2.75) is 42.7 Å². The number of nitrogens with one attached hydrogen (secondary N) is 1. The SMILES string of the molecule is NCCc1ccc(S(=O)(=O)NCCC2CCCC2)s1. The smallest absolute Gasteiger partial charge is 0.250 e. The van der Waals surface area contributed by atoms with Crippen molar-refractivity contribution in [3.05, 3.63) is 17.0 Å². The lowest BCUT2D eigenvalue weighted by Gasteiger charge is -2.09. The van der Waals surface area contributed by atoms with Gasteiger partial charge >= 0.3 is 0 Å². The summed E-state index contributed by atoms with van der Waals surface area (Å²) < 4.78 is 27.3. The monoisotopic (exact) mass is 302 g/mol. The number of nitrogens with two attached hydrogens (primary N) is 1. The predicted molar refractivity (Wildman–Crippen MR) is 78.8 cm³/mol. The molecule has 1 aliphatic carbocycles. The second kappa shape index (κ2) is 6.83. The molecule has 2 rings (SSSR count). The number of hydrogen-bond donors (Lipinski definition) is 2. The van der Waals surface area contributed by atoms with Crippen molar-refractivity contribution in [1.82, 2.24) is 4.72 Å². The third kappa shape index (κ3) is 4.27. The van der Waals surface area contributed by atoms with E-state index in [0.29, 0.717) is 23.2 Å². The Hall–Kier alpha value is -0.430. The van der Waals surface area contributed by atoms with Gasteiger partial charge in [-0.05, 0) is 37.4 Å². The lowest BCUT2D eigenvalue weighted by molar-refractivity contribution is 0.496. The summed E-state index contributed by atoms with van der Waals surface area (Å²) in [5.41, 5.74) is 5.47. The van der Waals surface area contributed by atoms with Crippen LogP contribution in [-0.4, -0.2) is 21.5 Å². The number of sulfonamides is 1. The largest absolute Gasteiger partial charge is 0.330 e. The van der Waals surface area contributed by atoms with E-state index in [1.807, 2.05) is 6.07 Å². The minimum absolute atomic E-state index is 0.405. The Kier molecular flexibility index (Phi) is 5.38. The molecule has 0 saturated heterocycles. The van der Waals surface area contributed by atoms with Crippen LogP contribution in [0.4, 0.5) is 0 Å². The molecule has 0 bridgehead atoms. The molecule has 0 spiro atoms. The molecule has 0 radical (unpaired) electrons. The molecule has 1 aromatic heterocycles. The van der Waals surface area contributed by atoms with E-state index < -0.39 is 10.0 Å². The van der Waals surface area contributed by atoms with Crippen molar-refractivity contribution in [2.75, 3.05) is 13.1 Å². The molecule has 0 aliphatic heterocycles.